The number of hydrogen-bond donors (Lipinski definition) is 0. The van der Waals surface area contributed by atoms with Crippen molar-refractivity contribution in [3.63, 3.8) is 0 Å². The van der Waals surface area contributed by atoms with E-state index in [1.54, 1.807) is 11.7 Å². The third-order valence-corrected chi connectivity index (χ3v) is 6.87. The molecule has 35 heavy (non-hydrogen) atoms. The zero-order valence-electron chi connectivity index (χ0n) is 20.3. The van der Waals surface area contributed by atoms with E-state index in [-0.39, 0.29) is 25.8 Å². The van der Waals surface area contributed by atoms with Crippen LogP contribution in [0.5, 0.6) is 5.75 Å². The topological polar surface area (TPSA) is 98.1 Å². The molecule has 0 unspecified atom stereocenters. The minimum absolute atomic E-state index is 0.0854. The second-order valence-electron chi connectivity index (χ2n) is 8.62. The van der Waals surface area contributed by atoms with E-state index in [4.69, 9.17) is 28.7 Å². The summed E-state index contributed by atoms with van der Waals surface area (Å²) >= 11 is 0. The lowest BCUT2D eigenvalue weighted by atomic mass is 9.85. The number of carbonyl (C=O) groups excluding carboxylic acids is 1. The first-order chi connectivity index (χ1) is 17.0. The first kappa shape index (κ1) is 23.5. The van der Waals surface area contributed by atoms with Gasteiger partial charge in [0.25, 0.3) is 5.56 Å². The molecule has 9 nitrogen and oxygen atoms in total. The molecule has 0 aliphatic carbocycles. The first-order valence-corrected chi connectivity index (χ1v) is 11.6. The Morgan fingerprint density at radius 1 is 1.09 bits per heavy atom. The van der Waals surface area contributed by atoms with E-state index < -0.39 is 11.6 Å². The molecule has 2 aliphatic heterocycles. The molecule has 2 aliphatic rings. The van der Waals surface area contributed by atoms with E-state index >= 15 is 0 Å². The van der Waals surface area contributed by atoms with Crippen LogP contribution in [0.4, 0.5) is 0 Å². The fourth-order valence-electron chi connectivity index (χ4n) is 5.15. The van der Waals surface area contributed by atoms with Gasteiger partial charge in [-0.25, -0.2) is 9.78 Å². The lowest BCUT2D eigenvalue weighted by molar-refractivity contribution is -0.197. The highest BCUT2D eigenvalue weighted by Gasteiger charge is 2.48. The Bertz CT molecular complexity index is 1380. The van der Waals surface area contributed by atoms with Crippen molar-refractivity contribution < 1.29 is 28.5 Å². The highest BCUT2D eigenvalue weighted by atomic mass is 16.7. The second kappa shape index (κ2) is 9.07. The largest absolute Gasteiger partial charge is 0.468 e. The standard InChI is InChI=1S/C26H28N2O7/c1-5-16-17-9-15(34-13-31-3)7-8-21(17)27-23-18(16)11-28-22(23)10-20-19(24(28)29)12-33-25(30)26(20,6-2)35-14-32-4/h7-10H,5-6,11-14H2,1-4H3/t26-/m0/s1. The molecule has 3 aromatic rings. The molecule has 0 radical (unpaired) electrons. The van der Waals surface area contributed by atoms with Gasteiger partial charge in [0.15, 0.2) is 12.4 Å². The number of aromatic nitrogens is 2. The van der Waals surface area contributed by atoms with Crippen LogP contribution >= 0.6 is 0 Å². The molecular formula is C26H28N2O7. The van der Waals surface area contributed by atoms with Crippen LogP contribution in [0.1, 0.15) is 42.5 Å². The van der Waals surface area contributed by atoms with Gasteiger partial charge in [-0.05, 0) is 42.7 Å². The van der Waals surface area contributed by atoms with Crippen molar-refractivity contribution in [2.75, 3.05) is 27.8 Å². The summed E-state index contributed by atoms with van der Waals surface area (Å²) < 4.78 is 28.7. The Morgan fingerprint density at radius 3 is 2.60 bits per heavy atom. The Labute approximate surface area is 202 Å². The number of benzene rings is 1. The first-order valence-electron chi connectivity index (χ1n) is 11.6. The normalized spacial score (nSPS) is 18.2. The van der Waals surface area contributed by atoms with Crippen LogP contribution in [-0.4, -0.2) is 43.3 Å². The Balaban J connectivity index is 1.72. The summed E-state index contributed by atoms with van der Waals surface area (Å²) in [6, 6.07) is 7.60. The highest BCUT2D eigenvalue weighted by molar-refractivity contribution is 5.90. The number of aryl methyl sites for hydroxylation is 1. The summed E-state index contributed by atoms with van der Waals surface area (Å²) in [5.41, 5.74) is 3.69. The molecule has 0 saturated heterocycles. The number of fused-ring (bicyclic) bond motifs is 5. The van der Waals surface area contributed by atoms with Gasteiger partial charge < -0.3 is 28.3 Å². The SMILES string of the molecule is CCc1c2c(nc3ccc(OCOC)cc13)-c1cc3c(c(=O)n1C2)COC(=O)[C@@]3(CC)OCOC. The number of esters is 1. The van der Waals surface area contributed by atoms with Crippen LogP contribution in [0, 0.1) is 0 Å². The van der Waals surface area contributed by atoms with Gasteiger partial charge in [-0.15, -0.1) is 0 Å². The number of hydrogen-bond acceptors (Lipinski definition) is 8. The molecule has 2 aromatic heterocycles. The van der Waals surface area contributed by atoms with Gasteiger partial charge in [0.05, 0.1) is 29.0 Å². The average molecular weight is 481 g/mol. The fourth-order valence-corrected chi connectivity index (χ4v) is 5.15. The third kappa shape index (κ3) is 3.53. The maximum Gasteiger partial charge on any atom is 0.343 e. The van der Waals surface area contributed by atoms with Crippen molar-refractivity contribution in [2.24, 2.45) is 0 Å². The molecule has 1 aromatic carbocycles. The third-order valence-electron chi connectivity index (χ3n) is 6.87. The van der Waals surface area contributed by atoms with Gasteiger partial charge in [0, 0.05) is 30.7 Å². The molecule has 5 rings (SSSR count). The van der Waals surface area contributed by atoms with Gasteiger partial charge in [-0.3, -0.25) is 4.79 Å². The minimum atomic E-state index is -1.40. The lowest BCUT2D eigenvalue weighted by Gasteiger charge is -2.35. The summed E-state index contributed by atoms with van der Waals surface area (Å²) in [6.07, 6.45) is 1.06. The van der Waals surface area contributed by atoms with E-state index in [0.717, 1.165) is 34.1 Å². The van der Waals surface area contributed by atoms with E-state index in [0.29, 0.717) is 35.5 Å². The van der Waals surface area contributed by atoms with Crippen LogP contribution in [-0.2, 0) is 48.9 Å². The molecule has 0 fully saturated rings. The number of ether oxygens (including phenoxy) is 5. The van der Waals surface area contributed by atoms with Crippen molar-refractivity contribution in [1.29, 1.82) is 0 Å². The summed E-state index contributed by atoms with van der Waals surface area (Å²) in [6.45, 7) is 4.28. The molecule has 184 valence electrons. The molecule has 0 N–H and O–H groups in total. The highest BCUT2D eigenvalue weighted by Crippen LogP contribution is 2.42. The lowest BCUT2D eigenvalue weighted by Crippen LogP contribution is -2.46. The smallest absolute Gasteiger partial charge is 0.343 e. The van der Waals surface area contributed by atoms with Crippen molar-refractivity contribution in [1.82, 2.24) is 9.55 Å². The maximum absolute atomic E-state index is 13.6. The average Bonchev–Trinajstić information content (AvgIpc) is 3.24. The Kier molecular flexibility index (Phi) is 6.08. The quantitative estimate of drug-likeness (QED) is 0.280. The molecule has 4 heterocycles. The Hall–Kier alpha value is -3.27. The fraction of sp³-hybridized carbons (Fsp3) is 0.423. The van der Waals surface area contributed by atoms with Gasteiger partial charge in [-0.1, -0.05) is 13.8 Å². The number of methoxy groups -OCH3 is 2. The van der Waals surface area contributed by atoms with E-state index in [1.165, 1.54) is 7.11 Å². The number of pyridine rings is 2. The van der Waals surface area contributed by atoms with Crippen molar-refractivity contribution in [3.8, 4) is 17.1 Å². The van der Waals surface area contributed by atoms with Gasteiger partial charge in [0.2, 0.25) is 0 Å². The van der Waals surface area contributed by atoms with Crippen LogP contribution in [0.25, 0.3) is 22.3 Å². The van der Waals surface area contributed by atoms with E-state index in [2.05, 4.69) is 6.92 Å². The van der Waals surface area contributed by atoms with Crippen LogP contribution in [0.3, 0.4) is 0 Å². The number of cyclic esters (lactones) is 1. The van der Waals surface area contributed by atoms with Crippen molar-refractivity contribution in [3.05, 3.63) is 56.9 Å². The molecule has 0 saturated carbocycles. The number of carbonyl (C=O) groups is 1. The van der Waals surface area contributed by atoms with Gasteiger partial charge in [0.1, 0.15) is 19.1 Å². The number of nitrogens with zero attached hydrogens (tertiary/aromatic N) is 2. The molecular weight excluding hydrogens is 452 g/mol. The van der Waals surface area contributed by atoms with Gasteiger partial charge >= 0.3 is 5.97 Å². The zero-order chi connectivity index (χ0) is 24.7. The van der Waals surface area contributed by atoms with Crippen molar-refractivity contribution >= 4 is 16.9 Å². The summed E-state index contributed by atoms with van der Waals surface area (Å²) in [4.78, 5) is 31.5. The Morgan fingerprint density at radius 2 is 1.89 bits per heavy atom. The second-order valence-corrected chi connectivity index (χ2v) is 8.62. The van der Waals surface area contributed by atoms with Crippen LogP contribution in [0.15, 0.2) is 29.1 Å². The molecule has 0 amide bonds. The maximum atomic E-state index is 13.6. The van der Waals surface area contributed by atoms with Crippen LogP contribution in [0.2, 0.25) is 0 Å². The molecule has 9 heteroatoms. The van der Waals surface area contributed by atoms with E-state index in [9.17, 15) is 9.59 Å². The molecule has 0 bridgehead atoms. The molecule has 0 spiro atoms. The summed E-state index contributed by atoms with van der Waals surface area (Å²) in [5, 5.41) is 0.982. The van der Waals surface area contributed by atoms with Crippen LogP contribution < -0.4 is 10.3 Å². The number of rotatable bonds is 8. The zero-order valence-corrected chi connectivity index (χ0v) is 20.3. The van der Waals surface area contributed by atoms with Gasteiger partial charge in [-0.2, -0.15) is 0 Å². The predicted octanol–water partition coefficient (Wildman–Crippen LogP) is 3.25. The van der Waals surface area contributed by atoms with E-state index in [1.807, 2.05) is 31.2 Å². The molecule has 1 atom stereocenters. The summed E-state index contributed by atoms with van der Waals surface area (Å²) in [7, 11) is 3.06. The van der Waals surface area contributed by atoms with Crippen molar-refractivity contribution in [2.45, 2.75) is 45.4 Å². The monoisotopic (exact) mass is 480 g/mol. The summed E-state index contributed by atoms with van der Waals surface area (Å²) in [5.74, 6) is 0.175. The minimum Gasteiger partial charge on any atom is -0.468 e. The predicted molar refractivity (Wildman–Crippen MR) is 127 cm³/mol.